The van der Waals surface area contributed by atoms with Crippen molar-refractivity contribution >= 4 is 11.6 Å². The highest BCUT2D eigenvalue weighted by Crippen LogP contribution is 2.41. The zero-order chi connectivity index (χ0) is 15.0. The Kier molecular flexibility index (Phi) is 4.29. The molecule has 110 valence electrons. The molecule has 1 saturated heterocycles. The number of halogens is 1. The number of ether oxygens (including phenoxy) is 2. The van der Waals surface area contributed by atoms with Crippen molar-refractivity contribution in [1.29, 1.82) is 0 Å². The summed E-state index contributed by atoms with van der Waals surface area (Å²) in [5.74, 6) is -0.600. The fourth-order valence-corrected chi connectivity index (χ4v) is 2.33. The first-order chi connectivity index (χ1) is 9.19. The van der Waals surface area contributed by atoms with Crippen LogP contribution in [-0.4, -0.2) is 11.9 Å². The summed E-state index contributed by atoms with van der Waals surface area (Å²) >= 11 is 6.41. The van der Waals surface area contributed by atoms with E-state index in [1.807, 2.05) is 38.1 Å². The molecule has 1 heterocycles. The standard InChI is InChI=1S/C17H23ClO2/c1-16(2,3)14(18)11-13-15(20-17(4,5)19-13)12-9-7-6-8-10-12/h6-11,13,15H,1-5H3/b14-11-/t13-,15-/m1/s1. The van der Waals surface area contributed by atoms with Gasteiger partial charge in [-0.1, -0.05) is 62.7 Å². The second kappa shape index (κ2) is 5.51. The summed E-state index contributed by atoms with van der Waals surface area (Å²) in [4.78, 5) is 0. The monoisotopic (exact) mass is 294 g/mol. The van der Waals surface area contributed by atoms with E-state index in [0.29, 0.717) is 0 Å². The lowest BCUT2D eigenvalue weighted by Crippen LogP contribution is -2.21. The minimum absolute atomic E-state index is 0.0844. The Morgan fingerprint density at radius 3 is 2.30 bits per heavy atom. The third kappa shape index (κ3) is 3.63. The molecule has 0 saturated carbocycles. The van der Waals surface area contributed by atoms with Crippen LogP contribution in [0.1, 0.15) is 46.3 Å². The molecule has 2 atom stereocenters. The van der Waals surface area contributed by atoms with Crippen LogP contribution in [-0.2, 0) is 9.47 Å². The highest BCUT2D eigenvalue weighted by atomic mass is 35.5. The highest BCUT2D eigenvalue weighted by molar-refractivity contribution is 6.30. The zero-order valence-electron chi connectivity index (χ0n) is 12.8. The molecule has 0 aromatic heterocycles. The summed E-state index contributed by atoms with van der Waals surface area (Å²) < 4.78 is 12.0. The normalized spacial score (nSPS) is 26.8. The van der Waals surface area contributed by atoms with Gasteiger partial charge in [0.15, 0.2) is 5.79 Å². The van der Waals surface area contributed by atoms with Crippen LogP contribution in [0.3, 0.4) is 0 Å². The van der Waals surface area contributed by atoms with E-state index in [-0.39, 0.29) is 17.6 Å². The second-order valence-electron chi connectivity index (χ2n) is 6.70. The topological polar surface area (TPSA) is 18.5 Å². The zero-order valence-corrected chi connectivity index (χ0v) is 13.6. The maximum atomic E-state index is 6.41. The minimum atomic E-state index is -0.600. The van der Waals surface area contributed by atoms with Gasteiger partial charge in [0.1, 0.15) is 12.2 Å². The molecule has 1 aromatic rings. The predicted molar refractivity (Wildman–Crippen MR) is 82.6 cm³/mol. The largest absolute Gasteiger partial charge is 0.340 e. The van der Waals surface area contributed by atoms with E-state index in [2.05, 4.69) is 32.9 Å². The van der Waals surface area contributed by atoms with Crippen LogP contribution in [0.15, 0.2) is 41.4 Å². The van der Waals surface area contributed by atoms with Crippen molar-refractivity contribution in [3.8, 4) is 0 Å². The van der Waals surface area contributed by atoms with Gasteiger partial charge in [0.25, 0.3) is 0 Å². The first kappa shape index (κ1) is 15.6. The quantitative estimate of drug-likeness (QED) is 0.760. The van der Waals surface area contributed by atoms with Crippen LogP contribution in [0.5, 0.6) is 0 Å². The first-order valence-corrected chi connectivity index (χ1v) is 7.35. The maximum Gasteiger partial charge on any atom is 0.164 e. The fourth-order valence-electron chi connectivity index (χ4n) is 2.21. The summed E-state index contributed by atoms with van der Waals surface area (Å²) in [6.45, 7) is 10.1. The van der Waals surface area contributed by atoms with Crippen LogP contribution in [0.25, 0.3) is 0 Å². The lowest BCUT2D eigenvalue weighted by molar-refractivity contribution is -0.143. The summed E-state index contributed by atoms with van der Waals surface area (Å²) in [5.41, 5.74) is 1.02. The van der Waals surface area contributed by atoms with Gasteiger partial charge in [-0.15, -0.1) is 0 Å². The summed E-state index contributed by atoms with van der Waals surface area (Å²) in [7, 11) is 0. The van der Waals surface area contributed by atoms with E-state index in [9.17, 15) is 0 Å². The fraction of sp³-hybridized carbons (Fsp3) is 0.529. The van der Waals surface area contributed by atoms with E-state index < -0.39 is 5.79 Å². The molecule has 0 amide bonds. The van der Waals surface area contributed by atoms with Crippen molar-refractivity contribution in [2.24, 2.45) is 5.41 Å². The molecule has 20 heavy (non-hydrogen) atoms. The lowest BCUT2D eigenvalue weighted by Gasteiger charge is -2.20. The molecule has 2 rings (SSSR count). The van der Waals surface area contributed by atoms with Crippen molar-refractivity contribution in [1.82, 2.24) is 0 Å². The van der Waals surface area contributed by atoms with Crippen molar-refractivity contribution in [3.05, 3.63) is 47.0 Å². The summed E-state index contributed by atoms with van der Waals surface area (Å²) in [6, 6.07) is 10.1. The van der Waals surface area contributed by atoms with Gasteiger partial charge < -0.3 is 9.47 Å². The van der Waals surface area contributed by atoms with Crippen LogP contribution in [0.2, 0.25) is 0 Å². The highest BCUT2D eigenvalue weighted by Gasteiger charge is 2.41. The van der Waals surface area contributed by atoms with Crippen molar-refractivity contribution in [2.45, 2.75) is 52.6 Å². The molecule has 1 aliphatic rings. The average molecular weight is 295 g/mol. The number of benzene rings is 1. The molecule has 0 aliphatic carbocycles. The van der Waals surface area contributed by atoms with E-state index in [1.54, 1.807) is 0 Å². The molecule has 0 bridgehead atoms. The van der Waals surface area contributed by atoms with Gasteiger partial charge in [-0.3, -0.25) is 0 Å². The molecule has 2 nitrogen and oxygen atoms in total. The molecule has 0 radical (unpaired) electrons. The smallest absolute Gasteiger partial charge is 0.164 e. The Balaban J connectivity index is 2.30. The minimum Gasteiger partial charge on any atom is -0.340 e. The Hall–Kier alpha value is -0.830. The van der Waals surface area contributed by atoms with Crippen LogP contribution in [0, 0.1) is 5.41 Å². The van der Waals surface area contributed by atoms with Gasteiger partial charge in [-0.2, -0.15) is 0 Å². The average Bonchev–Trinajstić information content (AvgIpc) is 2.64. The van der Waals surface area contributed by atoms with Gasteiger partial charge in [0.2, 0.25) is 0 Å². The van der Waals surface area contributed by atoms with E-state index in [1.165, 1.54) is 0 Å². The van der Waals surface area contributed by atoms with E-state index >= 15 is 0 Å². The van der Waals surface area contributed by atoms with E-state index in [4.69, 9.17) is 21.1 Å². The molecular weight excluding hydrogens is 272 g/mol. The van der Waals surface area contributed by atoms with Crippen LogP contribution >= 0.6 is 11.6 Å². The SMILES string of the molecule is CC1(C)O[C@H](c2ccccc2)[C@@H](/C=C(\Cl)C(C)(C)C)O1. The molecular formula is C17H23ClO2. The van der Waals surface area contributed by atoms with Gasteiger partial charge in [0.05, 0.1) is 0 Å². The lowest BCUT2D eigenvalue weighted by atomic mass is 9.94. The number of allylic oxidation sites excluding steroid dienone is 1. The molecule has 1 fully saturated rings. The van der Waals surface area contributed by atoms with Gasteiger partial charge in [-0.05, 0) is 30.9 Å². The maximum absolute atomic E-state index is 6.41. The Bertz CT molecular complexity index is 485. The molecule has 1 aliphatic heterocycles. The summed E-state index contributed by atoms with van der Waals surface area (Å²) in [5, 5.41) is 0.796. The molecule has 0 spiro atoms. The number of hydrogen-bond donors (Lipinski definition) is 0. The Labute approximate surface area is 126 Å². The third-order valence-corrected chi connectivity index (χ3v) is 3.98. The van der Waals surface area contributed by atoms with Gasteiger partial charge in [-0.25, -0.2) is 0 Å². The molecule has 0 unspecified atom stereocenters. The third-order valence-electron chi connectivity index (χ3n) is 3.28. The van der Waals surface area contributed by atoms with Gasteiger partial charge in [0, 0.05) is 5.03 Å². The second-order valence-corrected chi connectivity index (χ2v) is 7.10. The van der Waals surface area contributed by atoms with Gasteiger partial charge >= 0.3 is 0 Å². The first-order valence-electron chi connectivity index (χ1n) is 6.97. The number of hydrogen-bond acceptors (Lipinski definition) is 2. The predicted octanol–water partition coefficient (Wildman–Crippen LogP) is 5.05. The summed E-state index contributed by atoms with van der Waals surface area (Å²) in [6.07, 6.45) is 1.69. The molecule has 0 N–H and O–H groups in total. The van der Waals surface area contributed by atoms with Crippen molar-refractivity contribution in [3.63, 3.8) is 0 Å². The van der Waals surface area contributed by atoms with Crippen molar-refractivity contribution in [2.75, 3.05) is 0 Å². The van der Waals surface area contributed by atoms with E-state index in [0.717, 1.165) is 10.6 Å². The molecule has 3 heteroatoms. The Morgan fingerprint density at radius 1 is 1.15 bits per heavy atom. The molecule has 1 aromatic carbocycles. The van der Waals surface area contributed by atoms with Crippen LogP contribution in [0.4, 0.5) is 0 Å². The van der Waals surface area contributed by atoms with Crippen molar-refractivity contribution < 1.29 is 9.47 Å². The number of rotatable bonds is 2. The Morgan fingerprint density at radius 2 is 1.75 bits per heavy atom. The van der Waals surface area contributed by atoms with Crippen LogP contribution < -0.4 is 0 Å².